The summed E-state index contributed by atoms with van der Waals surface area (Å²) in [4.78, 5) is 14.3. The quantitative estimate of drug-likeness (QED) is 0.641. The van der Waals surface area contributed by atoms with Crippen LogP contribution in [-0.4, -0.2) is 45.4 Å². The molecular formula is C16H22N2O3. The SMILES string of the molecule is C=CCN1c2cc(C(=O)NCCOC)ccc2OCC1C. The summed E-state index contributed by atoms with van der Waals surface area (Å²) >= 11 is 0. The number of carbonyl (C=O) groups excluding carboxylic acids is 1. The van der Waals surface area contributed by atoms with E-state index in [0.29, 0.717) is 25.3 Å². The van der Waals surface area contributed by atoms with Gasteiger partial charge < -0.3 is 19.7 Å². The van der Waals surface area contributed by atoms with E-state index in [1.54, 1.807) is 13.2 Å². The van der Waals surface area contributed by atoms with Crippen molar-refractivity contribution in [1.29, 1.82) is 0 Å². The Bertz CT molecular complexity index is 516. The monoisotopic (exact) mass is 290 g/mol. The molecule has 0 saturated heterocycles. The summed E-state index contributed by atoms with van der Waals surface area (Å²) in [7, 11) is 1.61. The van der Waals surface area contributed by atoms with Gasteiger partial charge in [-0.05, 0) is 25.1 Å². The van der Waals surface area contributed by atoms with E-state index in [-0.39, 0.29) is 11.9 Å². The van der Waals surface area contributed by atoms with E-state index in [4.69, 9.17) is 9.47 Å². The maximum atomic E-state index is 12.1. The van der Waals surface area contributed by atoms with Gasteiger partial charge in [-0.15, -0.1) is 6.58 Å². The van der Waals surface area contributed by atoms with Gasteiger partial charge in [0.1, 0.15) is 12.4 Å². The zero-order valence-electron chi connectivity index (χ0n) is 12.6. The number of rotatable bonds is 6. The molecule has 1 aromatic rings. The smallest absolute Gasteiger partial charge is 0.251 e. The van der Waals surface area contributed by atoms with Crippen LogP contribution >= 0.6 is 0 Å². The number of benzene rings is 1. The van der Waals surface area contributed by atoms with E-state index in [9.17, 15) is 4.79 Å². The summed E-state index contributed by atoms with van der Waals surface area (Å²) < 4.78 is 10.6. The summed E-state index contributed by atoms with van der Waals surface area (Å²) in [5.74, 6) is 0.704. The Hall–Kier alpha value is -2.01. The zero-order chi connectivity index (χ0) is 15.2. The van der Waals surface area contributed by atoms with E-state index in [1.807, 2.05) is 18.2 Å². The van der Waals surface area contributed by atoms with Gasteiger partial charge in [0.2, 0.25) is 0 Å². The summed E-state index contributed by atoms with van der Waals surface area (Å²) in [6, 6.07) is 5.75. The van der Waals surface area contributed by atoms with Crippen LogP contribution in [0.15, 0.2) is 30.9 Å². The minimum absolute atomic E-state index is 0.105. The molecule has 0 aromatic heterocycles. The Morgan fingerprint density at radius 3 is 3.14 bits per heavy atom. The van der Waals surface area contributed by atoms with Crippen LogP contribution < -0.4 is 15.0 Å². The number of carbonyl (C=O) groups is 1. The fourth-order valence-electron chi connectivity index (χ4n) is 2.33. The number of hydrogen-bond acceptors (Lipinski definition) is 4. The number of methoxy groups -OCH3 is 1. The maximum Gasteiger partial charge on any atom is 0.251 e. The standard InChI is InChI=1S/C16H22N2O3/c1-4-8-18-12(2)11-21-15-6-5-13(10-14(15)18)16(19)17-7-9-20-3/h4-6,10,12H,1,7-9,11H2,2-3H3,(H,17,19). The lowest BCUT2D eigenvalue weighted by Gasteiger charge is -2.36. The van der Waals surface area contributed by atoms with Gasteiger partial charge in [-0.25, -0.2) is 0 Å². The fraction of sp³-hybridized carbons (Fsp3) is 0.438. The van der Waals surface area contributed by atoms with Crippen molar-refractivity contribution in [2.75, 3.05) is 38.3 Å². The van der Waals surface area contributed by atoms with E-state index in [0.717, 1.165) is 18.0 Å². The molecule has 1 aromatic carbocycles. The van der Waals surface area contributed by atoms with Gasteiger partial charge in [0.15, 0.2) is 0 Å². The van der Waals surface area contributed by atoms with E-state index < -0.39 is 0 Å². The van der Waals surface area contributed by atoms with Gasteiger partial charge in [0, 0.05) is 25.8 Å². The molecule has 2 rings (SSSR count). The number of anilines is 1. The molecule has 5 heteroatoms. The molecule has 5 nitrogen and oxygen atoms in total. The van der Waals surface area contributed by atoms with Crippen molar-refractivity contribution in [3.05, 3.63) is 36.4 Å². The van der Waals surface area contributed by atoms with Crippen LogP contribution in [0.1, 0.15) is 17.3 Å². The molecule has 0 bridgehead atoms. The second-order valence-corrected chi connectivity index (χ2v) is 5.03. The van der Waals surface area contributed by atoms with Gasteiger partial charge >= 0.3 is 0 Å². The number of nitrogens with one attached hydrogen (secondary N) is 1. The molecule has 1 unspecified atom stereocenters. The van der Waals surface area contributed by atoms with Crippen LogP contribution in [0.2, 0.25) is 0 Å². The Kier molecular flexibility index (Phi) is 5.22. The Balaban J connectivity index is 2.19. The Morgan fingerprint density at radius 1 is 1.62 bits per heavy atom. The second-order valence-electron chi connectivity index (χ2n) is 5.03. The number of fused-ring (bicyclic) bond motifs is 1. The first kappa shape index (κ1) is 15.4. The summed E-state index contributed by atoms with van der Waals surface area (Å²) in [6.45, 7) is 8.25. The van der Waals surface area contributed by atoms with Crippen molar-refractivity contribution in [2.45, 2.75) is 13.0 Å². The van der Waals surface area contributed by atoms with Crippen molar-refractivity contribution in [1.82, 2.24) is 5.32 Å². The van der Waals surface area contributed by atoms with Gasteiger partial charge in [-0.1, -0.05) is 6.08 Å². The topological polar surface area (TPSA) is 50.8 Å². The molecule has 0 fully saturated rings. The molecule has 1 N–H and O–H groups in total. The fourth-order valence-corrected chi connectivity index (χ4v) is 2.33. The van der Waals surface area contributed by atoms with Crippen LogP contribution in [-0.2, 0) is 4.74 Å². The third-order valence-electron chi connectivity index (χ3n) is 3.46. The third kappa shape index (κ3) is 3.55. The number of amides is 1. The maximum absolute atomic E-state index is 12.1. The van der Waals surface area contributed by atoms with Crippen LogP contribution in [0.25, 0.3) is 0 Å². The molecule has 0 radical (unpaired) electrons. The first-order valence-electron chi connectivity index (χ1n) is 7.09. The summed E-state index contributed by atoms with van der Waals surface area (Å²) in [6.07, 6.45) is 1.86. The third-order valence-corrected chi connectivity index (χ3v) is 3.46. The lowest BCUT2D eigenvalue weighted by atomic mass is 10.1. The highest BCUT2D eigenvalue weighted by Gasteiger charge is 2.24. The highest BCUT2D eigenvalue weighted by Crippen LogP contribution is 2.34. The second kappa shape index (κ2) is 7.13. The predicted octanol–water partition coefficient (Wildman–Crippen LogP) is 1.84. The minimum Gasteiger partial charge on any atom is -0.489 e. The lowest BCUT2D eigenvalue weighted by Crippen LogP contribution is -2.41. The van der Waals surface area contributed by atoms with Crippen molar-refractivity contribution in [3.63, 3.8) is 0 Å². The highest BCUT2D eigenvalue weighted by atomic mass is 16.5. The van der Waals surface area contributed by atoms with E-state index in [2.05, 4.69) is 23.7 Å². The molecule has 1 amide bonds. The number of ether oxygens (including phenoxy) is 2. The van der Waals surface area contributed by atoms with Crippen LogP contribution in [0.5, 0.6) is 5.75 Å². The Morgan fingerprint density at radius 2 is 2.43 bits per heavy atom. The van der Waals surface area contributed by atoms with Gasteiger partial charge in [-0.3, -0.25) is 4.79 Å². The molecule has 21 heavy (non-hydrogen) atoms. The van der Waals surface area contributed by atoms with Crippen molar-refractivity contribution < 1.29 is 14.3 Å². The zero-order valence-corrected chi connectivity index (χ0v) is 12.6. The van der Waals surface area contributed by atoms with Gasteiger partial charge in [-0.2, -0.15) is 0 Å². The largest absolute Gasteiger partial charge is 0.489 e. The predicted molar refractivity (Wildman–Crippen MR) is 83.2 cm³/mol. The van der Waals surface area contributed by atoms with Crippen molar-refractivity contribution >= 4 is 11.6 Å². The van der Waals surface area contributed by atoms with E-state index in [1.165, 1.54) is 0 Å². The first-order chi connectivity index (χ1) is 10.2. The van der Waals surface area contributed by atoms with Crippen LogP contribution in [0, 0.1) is 0 Å². The Labute approximate surface area is 125 Å². The molecular weight excluding hydrogens is 268 g/mol. The van der Waals surface area contributed by atoms with Gasteiger partial charge in [0.05, 0.1) is 18.3 Å². The molecule has 1 aliphatic rings. The molecule has 0 spiro atoms. The average molecular weight is 290 g/mol. The van der Waals surface area contributed by atoms with E-state index >= 15 is 0 Å². The van der Waals surface area contributed by atoms with Crippen LogP contribution in [0.4, 0.5) is 5.69 Å². The molecule has 0 saturated carbocycles. The van der Waals surface area contributed by atoms with Crippen LogP contribution in [0.3, 0.4) is 0 Å². The van der Waals surface area contributed by atoms with Gasteiger partial charge in [0.25, 0.3) is 5.91 Å². The minimum atomic E-state index is -0.105. The summed E-state index contributed by atoms with van der Waals surface area (Å²) in [5, 5.41) is 2.82. The van der Waals surface area contributed by atoms with Crippen molar-refractivity contribution in [3.8, 4) is 5.75 Å². The normalized spacial score (nSPS) is 16.9. The average Bonchev–Trinajstić information content (AvgIpc) is 2.50. The molecule has 0 aliphatic carbocycles. The van der Waals surface area contributed by atoms with Crippen molar-refractivity contribution in [2.24, 2.45) is 0 Å². The molecule has 114 valence electrons. The summed E-state index contributed by atoms with van der Waals surface area (Å²) in [5.41, 5.74) is 1.56. The molecule has 1 aliphatic heterocycles. The highest BCUT2D eigenvalue weighted by molar-refractivity contribution is 5.95. The lowest BCUT2D eigenvalue weighted by molar-refractivity contribution is 0.0937. The molecule has 1 atom stereocenters. The molecule has 1 heterocycles. The first-order valence-corrected chi connectivity index (χ1v) is 7.09. The number of nitrogens with zero attached hydrogens (tertiary/aromatic N) is 1. The number of hydrogen-bond donors (Lipinski definition) is 1.